The largest absolute Gasteiger partial charge is 0.285 e. The van der Waals surface area contributed by atoms with Crippen LogP contribution in [0.2, 0.25) is 0 Å². The maximum atomic E-state index is 14.8. The summed E-state index contributed by atoms with van der Waals surface area (Å²) in [6, 6.07) is 15.2. The van der Waals surface area contributed by atoms with E-state index in [1.807, 2.05) is 17.1 Å². The molecule has 0 radical (unpaired) electrons. The average molecular weight is 367 g/mol. The molecule has 4 rings (SSSR count). The van der Waals surface area contributed by atoms with Gasteiger partial charge in [-0.05, 0) is 44.4 Å². The van der Waals surface area contributed by atoms with Crippen LogP contribution in [0.15, 0.2) is 53.6 Å². The summed E-state index contributed by atoms with van der Waals surface area (Å²) in [7, 11) is 0. The van der Waals surface area contributed by atoms with Crippen LogP contribution in [0.5, 0.6) is 0 Å². The first kappa shape index (κ1) is 17.9. The van der Waals surface area contributed by atoms with Crippen LogP contribution in [0.1, 0.15) is 43.5 Å². The lowest BCUT2D eigenvalue weighted by Gasteiger charge is -2.41. The molecule has 0 aliphatic carbocycles. The normalized spacial score (nSPS) is 18.7. The first-order chi connectivity index (χ1) is 12.9. The Morgan fingerprint density at radius 3 is 2.48 bits per heavy atom. The highest BCUT2D eigenvalue weighted by Gasteiger charge is 2.39. The first-order valence-corrected chi connectivity index (χ1v) is 9.39. The van der Waals surface area contributed by atoms with Crippen molar-refractivity contribution in [3.63, 3.8) is 0 Å². The zero-order valence-corrected chi connectivity index (χ0v) is 16.0. The second-order valence-electron chi connectivity index (χ2n) is 8.11. The van der Waals surface area contributed by atoms with Gasteiger partial charge in [-0.2, -0.15) is 0 Å². The van der Waals surface area contributed by atoms with E-state index in [9.17, 15) is 4.39 Å². The average Bonchev–Trinajstić information content (AvgIpc) is 3.13. The quantitative estimate of drug-likeness (QED) is 0.873. The van der Waals surface area contributed by atoms with Gasteiger partial charge in [0.1, 0.15) is 5.82 Å². The van der Waals surface area contributed by atoms with Crippen molar-refractivity contribution in [2.75, 3.05) is 6.54 Å². The Balaban J connectivity index is 1.75. The summed E-state index contributed by atoms with van der Waals surface area (Å²) in [5, 5.41) is 6.50. The third-order valence-corrected chi connectivity index (χ3v) is 5.20. The topological polar surface area (TPSA) is 42.9 Å². The van der Waals surface area contributed by atoms with E-state index in [1.54, 1.807) is 6.07 Å². The van der Waals surface area contributed by atoms with E-state index in [-0.39, 0.29) is 17.4 Å². The Labute approximate surface area is 159 Å². The van der Waals surface area contributed by atoms with E-state index in [0.29, 0.717) is 5.56 Å². The molecule has 5 nitrogen and oxygen atoms in total. The molecule has 1 unspecified atom stereocenters. The van der Waals surface area contributed by atoms with E-state index >= 15 is 0 Å². The van der Waals surface area contributed by atoms with Crippen LogP contribution in [0.3, 0.4) is 0 Å². The van der Waals surface area contributed by atoms with Crippen LogP contribution < -0.4 is 11.1 Å². The number of hydrazine groups is 2. The SMILES string of the molecule is CC(C)(C)N1NNN=C1C(c1ccccc1F)N1CCc2ccccc2C1. The number of nitrogens with one attached hydrogen (secondary N) is 2. The Kier molecular flexibility index (Phi) is 4.61. The second kappa shape index (κ2) is 6.94. The molecule has 0 bridgehead atoms. The molecule has 2 aliphatic rings. The van der Waals surface area contributed by atoms with Gasteiger partial charge < -0.3 is 0 Å². The van der Waals surface area contributed by atoms with Crippen molar-refractivity contribution in [1.82, 2.24) is 21.0 Å². The molecule has 0 aromatic heterocycles. The zero-order chi connectivity index (χ0) is 19.0. The lowest BCUT2D eigenvalue weighted by Crippen LogP contribution is -2.55. The van der Waals surface area contributed by atoms with Crippen LogP contribution in [0.25, 0.3) is 0 Å². The number of nitrogens with zero attached hydrogens (tertiary/aromatic N) is 3. The van der Waals surface area contributed by atoms with Crippen LogP contribution in [-0.4, -0.2) is 27.8 Å². The maximum absolute atomic E-state index is 14.8. The zero-order valence-electron chi connectivity index (χ0n) is 16.0. The van der Waals surface area contributed by atoms with Crippen LogP contribution in [0.4, 0.5) is 4.39 Å². The molecular formula is C21H26FN5. The lowest BCUT2D eigenvalue weighted by molar-refractivity contribution is 0.138. The monoisotopic (exact) mass is 367 g/mol. The van der Waals surface area contributed by atoms with Crippen LogP contribution in [0, 0.1) is 5.82 Å². The maximum Gasteiger partial charge on any atom is 0.164 e. The summed E-state index contributed by atoms with van der Waals surface area (Å²) in [6.45, 7) is 7.94. The van der Waals surface area contributed by atoms with Crippen molar-refractivity contribution in [3.05, 3.63) is 71.0 Å². The minimum absolute atomic E-state index is 0.204. The molecule has 0 saturated heterocycles. The van der Waals surface area contributed by atoms with Gasteiger partial charge in [0, 0.05) is 18.7 Å². The second-order valence-corrected chi connectivity index (χ2v) is 8.11. The van der Waals surface area contributed by atoms with Crippen molar-refractivity contribution < 1.29 is 4.39 Å². The molecule has 2 aromatic rings. The highest BCUT2D eigenvalue weighted by Crippen LogP contribution is 2.33. The molecule has 2 N–H and O–H groups in total. The van der Waals surface area contributed by atoms with E-state index in [0.717, 1.165) is 25.3 Å². The van der Waals surface area contributed by atoms with Crippen molar-refractivity contribution >= 4 is 5.84 Å². The predicted octanol–water partition coefficient (Wildman–Crippen LogP) is 3.36. The molecule has 2 aliphatic heterocycles. The number of fused-ring (bicyclic) bond motifs is 1. The van der Waals surface area contributed by atoms with Gasteiger partial charge >= 0.3 is 0 Å². The van der Waals surface area contributed by atoms with Gasteiger partial charge in [0.2, 0.25) is 0 Å². The lowest BCUT2D eigenvalue weighted by atomic mass is 9.94. The molecule has 2 heterocycles. The number of amidine groups is 1. The number of hydrazone groups is 1. The Bertz CT molecular complexity index is 858. The third-order valence-electron chi connectivity index (χ3n) is 5.20. The standard InChI is InChI=1S/C21H26FN5/c1-21(2,3)27-20(23-24-25-27)19(17-10-6-7-11-18(17)22)26-13-12-15-8-4-5-9-16(15)14-26/h4-11,19,24-25H,12-14H2,1-3H3. The molecule has 0 amide bonds. The molecular weight excluding hydrogens is 341 g/mol. The molecule has 1 atom stereocenters. The number of benzene rings is 2. The van der Waals surface area contributed by atoms with Gasteiger partial charge in [-0.15, -0.1) is 10.6 Å². The Morgan fingerprint density at radius 2 is 1.74 bits per heavy atom. The Morgan fingerprint density at radius 1 is 1.04 bits per heavy atom. The summed E-state index contributed by atoms with van der Waals surface area (Å²) in [5.74, 6) is 0.580. The number of hydrogen-bond acceptors (Lipinski definition) is 5. The molecule has 142 valence electrons. The van der Waals surface area contributed by atoms with Crippen molar-refractivity contribution in [2.24, 2.45) is 5.10 Å². The summed E-state index contributed by atoms with van der Waals surface area (Å²) in [5.41, 5.74) is 9.09. The van der Waals surface area contributed by atoms with Gasteiger partial charge in [0.15, 0.2) is 5.84 Å². The van der Waals surface area contributed by atoms with Crippen LogP contribution in [-0.2, 0) is 13.0 Å². The highest BCUT2D eigenvalue weighted by atomic mass is 19.1. The van der Waals surface area contributed by atoms with Crippen molar-refractivity contribution in [2.45, 2.75) is 45.3 Å². The molecule has 0 spiro atoms. The van der Waals surface area contributed by atoms with Crippen molar-refractivity contribution in [3.8, 4) is 0 Å². The number of rotatable bonds is 3. The molecule has 0 fully saturated rings. The van der Waals surface area contributed by atoms with Crippen LogP contribution >= 0.6 is 0 Å². The smallest absolute Gasteiger partial charge is 0.164 e. The van der Waals surface area contributed by atoms with Gasteiger partial charge in [-0.1, -0.05) is 42.5 Å². The van der Waals surface area contributed by atoms with Gasteiger partial charge in [-0.25, -0.2) is 9.93 Å². The summed E-state index contributed by atoms with van der Waals surface area (Å²) in [4.78, 5) is 2.31. The van der Waals surface area contributed by atoms with Crippen molar-refractivity contribution in [1.29, 1.82) is 0 Å². The third kappa shape index (κ3) is 3.42. The predicted molar refractivity (Wildman–Crippen MR) is 105 cm³/mol. The Hall–Kier alpha value is -2.44. The van der Waals surface area contributed by atoms with E-state index in [1.165, 1.54) is 17.2 Å². The summed E-state index contributed by atoms with van der Waals surface area (Å²) < 4.78 is 14.8. The molecule has 2 aromatic carbocycles. The summed E-state index contributed by atoms with van der Waals surface area (Å²) >= 11 is 0. The van der Waals surface area contributed by atoms with E-state index < -0.39 is 0 Å². The molecule has 27 heavy (non-hydrogen) atoms. The number of hydrogen-bond donors (Lipinski definition) is 2. The highest BCUT2D eigenvalue weighted by molar-refractivity contribution is 5.89. The van der Waals surface area contributed by atoms with Gasteiger partial charge in [0.05, 0.1) is 11.6 Å². The first-order valence-electron chi connectivity index (χ1n) is 9.39. The minimum Gasteiger partial charge on any atom is -0.285 e. The summed E-state index contributed by atoms with van der Waals surface area (Å²) in [6.07, 6.45) is 0.949. The minimum atomic E-state index is -0.277. The molecule has 0 saturated carbocycles. The van der Waals surface area contributed by atoms with E-state index in [2.05, 4.69) is 66.1 Å². The fraction of sp³-hybridized carbons (Fsp3) is 0.381. The van der Waals surface area contributed by atoms with Gasteiger partial charge in [0.25, 0.3) is 0 Å². The molecule has 6 heteroatoms. The number of halogens is 1. The van der Waals surface area contributed by atoms with E-state index in [4.69, 9.17) is 0 Å². The fourth-order valence-corrected chi connectivity index (χ4v) is 3.87. The fourth-order valence-electron chi connectivity index (χ4n) is 3.87. The van der Waals surface area contributed by atoms with Gasteiger partial charge in [-0.3, -0.25) is 9.91 Å².